The summed E-state index contributed by atoms with van der Waals surface area (Å²) in [5.74, 6) is 0. The van der Waals surface area contributed by atoms with E-state index < -0.39 is 0 Å². The Labute approximate surface area is 99.0 Å². The van der Waals surface area contributed by atoms with Crippen LogP contribution in [-0.4, -0.2) is 0 Å². The van der Waals surface area contributed by atoms with Crippen molar-refractivity contribution >= 4 is 49.0 Å². The summed E-state index contributed by atoms with van der Waals surface area (Å²) in [6.45, 7) is 0. The van der Waals surface area contributed by atoms with Crippen LogP contribution in [-0.2, 0) is 6.42 Å². The van der Waals surface area contributed by atoms with Gasteiger partial charge in [-0.3, -0.25) is 0 Å². The Bertz CT molecular complexity index is 527. The largest absolute Gasteiger partial charge is 0.198 e. The molecule has 0 amide bonds. The van der Waals surface area contributed by atoms with Crippen LogP contribution in [0.1, 0.15) is 5.56 Å². The number of thiophene rings is 1. The molecule has 1 nitrogen and oxygen atoms in total. The summed E-state index contributed by atoms with van der Waals surface area (Å²) in [6.07, 6.45) is 0.365. The predicted octanol–water partition coefficient (Wildman–Crippen LogP) is 4.38. The van der Waals surface area contributed by atoms with Gasteiger partial charge in [-0.25, -0.2) is 0 Å². The van der Waals surface area contributed by atoms with Crippen molar-refractivity contribution in [2.75, 3.05) is 0 Å². The van der Waals surface area contributed by atoms with Crippen LogP contribution in [0.5, 0.6) is 0 Å². The van der Waals surface area contributed by atoms with Crippen LogP contribution < -0.4 is 0 Å². The van der Waals surface area contributed by atoms with Gasteiger partial charge in [0.25, 0.3) is 0 Å². The molecule has 1 heterocycles. The van der Waals surface area contributed by atoms with Gasteiger partial charge in [-0.2, -0.15) is 5.26 Å². The first-order valence-electron chi connectivity index (χ1n) is 3.94. The van der Waals surface area contributed by atoms with E-state index in [4.69, 9.17) is 16.9 Å². The van der Waals surface area contributed by atoms with E-state index in [9.17, 15) is 0 Å². The molecule has 0 radical (unpaired) electrons. The van der Waals surface area contributed by atoms with E-state index in [-0.39, 0.29) is 0 Å². The lowest BCUT2D eigenvalue weighted by Gasteiger charge is -1.99. The molecule has 0 aliphatic heterocycles. The van der Waals surface area contributed by atoms with Crippen LogP contribution in [0.3, 0.4) is 0 Å². The first kappa shape index (κ1) is 9.97. The van der Waals surface area contributed by atoms with E-state index >= 15 is 0 Å². The number of hydrogen-bond donors (Lipinski definition) is 0. The highest BCUT2D eigenvalue weighted by atomic mass is 79.9. The van der Waals surface area contributed by atoms with Crippen LogP contribution in [0.2, 0.25) is 5.02 Å². The van der Waals surface area contributed by atoms with Crippen LogP contribution in [0.4, 0.5) is 0 Å². The second-order valence-corrected chi connectivity index (χ2v) is 5.03. The molecule has 0 unspecified atom stereocenters. The standard InChI is InChI=1S/C10H5BrClNS/c11-8-5-14-10-3-6(1-2-13)9(12)4-7(8)10/h3-5H,1H2. The second-order valence-electron chi connectivity index (χ2n) is 2.86. The lowest BCUT2D eigenvalue weighted by molar-refractivity contribution is 1.27. The summed E-state index contributed by atoms with van der Waals surface area (Å²) in [7, 11) is 0. The average molecular weight is 287 g/mol. The van der Waals surface area contributed by atoms with Gasteiger partial charge in [-0.05, 0) is 33.6 Å². The highest BCUT2D eigenvalue weighted by Crippen LogP contribution is 2.34. The lowest BCUT2D eigenvalue weighted by Crippen LogP contribution is -1.82. The molecule has 0 aliphatic rings. The Balaban J connectivity index is 2.67. The van der Waals surface area contributed by atoms with Crippen molar-refractivity contribution in [3.05, 3.63) is 32.6 Å². The molecule has 1 aromatic heterocycles. The van der Waals surface area contributed by atoms with E-state index in [1.54, 1.807) is 11.3 Å². The van der Waals surface area contributed by atoms with Crippen molar-refractivity contribution in [1.29, 1.82) is 5.26 Å². The van der Waals surface area contributed by atoms with Gasteiger partial charge in [0.15, 0.2) is 0 Å². The minimum atomic E-state index is 0.365. The number of benzene rings is 1. The van der Waals surface area contributed by atoms with Gasteiger partial charge >= 0.3 is 0 Å². The van der Waals surface area contributed by atoms with Gasteiger partial charge in [-0.15, -0.1) is 11.3 Å². The molecule has 14 heavy (non-hydrogen) atoms. The summed E-state index contributed by atoms with van der Waals surface area (Å²) in [5.41, 5.74) is 0.899. The second kappa shape index (κ2) is 3.90. The number of hydrogen-bond acceptors (Lipinski definition) is 2. The van der Waals surface area contributed by atoms with Crippen molar-refractivity contribution in [2.24, 2.45) is 0 Å². The maximum atomic E-state index is 8.61. The molecule has 0 bridgehead atoms. The molecular formula is C10H5BrClNS. The summed E-state index contributed by atoms with van der Waals surface area (Å²) < 4.78 is 2.22. The third-order valence-corrected chi connectivity index (χ3v) is 4.22. The molecule has 0 fully saturated rings. The Hall–Kier alpha value is -0.560. The first-order chi connectivity index (χ1) is 6.72. The monoisotopic (exact) mass is 285 g/mol. The number of rotatable bonds is 1. The topological polar surface area (TPSA) is 23.8 Å². The van der Waals surface area contributed by atoms with Gasteiger partial charge in [0.2, 0.25) is 0 Å². The molecule has 1 aromatic carbocycles. The van der Waals surface area contributed by atoms with E-state index in [2.05, 4.69) is 22.0 Å². The van der Waals surface area contributed by atoms with Crippen LogP contribution >= 0.6 is 38.9 Å². The lowest BCUT2D eigenvalue weighted by atomic mass is 10.1. The Morgan fingerprint density at radius 1 is 1.50 bits per heavy atom. The van der Waals surface area contributed by atoms with Crippen LogP contribution in [0, 0.1) is 11.3 Å². The minimum Gasteiger partial charge on any atom is -0.198 e. The minimum absolute atomic E-state index is 0.365. The SMILES string of the molecule is N#CCc1cc2scc(Br)c2cc1Cl. The summed E-state index contributed by atoms with van der Waals surface area (Å²) >= 11 is 11.1. The fraction of sp³-hybridized carbons (Fsp3) is 0.100. The van der Waals surface area contributed by atoms with E-state index in [1.165, 1.54) is 0 Å². The van der Waals surface area contributed by atoms with Crippen LogP contribution in [0.15, 0.2) is 22.0 Å². The Morgan fingerprint density at radius 2 is 2.29 bits per heavy atom. The number of nitrogens with zero attached hydrogens (tertiary/aromatic N) is 1. The quantitative estimate of drug-likeness (QED) is 0.763. The van der Waals surface area contributed by atoms with Crippen molar-refractivity contribution in [3.63, 3.8) is 0 Å². The summed E-state index contributed by atoms with van der Waals surface area (Å²) in [6, 6.07) is 5.99. The predicted molar refractivity (Wildman–Crippen MR) is 63.9 cm³/mol. The molecule has 70 valence electrons. The van der Waals surface area contributed by atoms with Crippen molar-refractivity contribution in [1.82, 2.24) is 0 Å². The molecule has 0 atom stereocenters. The molecule has 4 heteroatoms. The van der Waals surface area contributed by atoms with Gasteiger partial charge < -0.3 is 0 Å². The van der Waals surface area contributed by atoms with E-state index in [0.29, 0.717) is 11.4 Å². The summed E-state index contributed by atoms with van der Waals surface area (Å²) in [5, 5.41) is 12.4. The highest BCUT2D eigenvalue weighted by Gasteiger charge is 2.06. The maximum Gasteiger partial charge on any atom is 0.0670 e. The van der Waals surface area contributed by atoms with Crippen molar-refractivity contribution in [3.8, 4) is 6.07 Å². The van der Waals surface area contributed by atoms with Crippen LogP contribution in [0.25, 0.3) is 10.1 Å². The Kier molecular flexibility index (Phi) is 2.78. The van der Waals surface area contributed by atoms with Gasteiger partial charge in [-0.1, -0.05) is 11.6 Å². The van der Waals surface area contributed by atoms with Gasteiger partial charge in [0.05, 0.1) is 12.5 Å². The fourth-order valence-corrected chi connectivity index (χ4v) is 3.11. The molecule has 2 rings (SSSR count). The molecule has 0 saturated carbocycles. The molecular weight excluding hydrogens is 282 g/mol. The molecule has 0 saturated heterocycles. The zero-order valence-electron chi connectivity index (χ0n) is 7.05. The van der Waals surface area contributed by atoms with Gasteiger partial charge in [0, 0.05) is 25.0 Å². The zero-order chi connectivity index (χ0) is 10.1. The molecule has 0 aliphatic carbocycles. The smallest absolute Gasteiger partial charge is 0.0670 e. The first-order valence-corrected chi connectivity index (χ1v) is 5.99. The van der Waals surface area contributed by atoms with E-state index in [0.717, 1.165) is 20.1 Å². The van der Waals surface area contributed by atoms with Gasteiger partial charge in [0.1, 0.15) is 0 Å². The molecule has 2 aromatic rings. The van der Waals surface area contributed by atoms with Crippen molar-refractivity contribution < 1.29 is 0 Å². The number of nitriles is 1. The fourth-order valence-electron chi connectivity index (χ4n) is 1.28. The molecule has 0 N–H and O–H groups in total. The molecule has 0 spiro atoms. The Morgan fingerprint density at radius 3 is 3.00 bits per heavy atom. The summed E-state index contributed by atoms with van der Waals surface area (Å²) in [4.78, 5) is 0. The third-order valence-electron chi connectivity index (χ3n) is 1.96. The van der Waals surface area contributed by atoms with E-state index in [1.807, 2.05) is 17.5 Å². The number of fused-ring (bicyclic) bond motifs is 1. The highest BCUT2D eigenvalue weighted by molar-refractivity contribution is 9.10. The maximum absolute atomic E-state index is 8.61. The van der Waals surface area contributed by atoms with Crippen molar-refractivity contribution in [2.45, 2.75) is 6.42 Å². The third kappa shape index (κ3) is 1.66. The normalized spacial score (nSPS) is 10.4. The average Bonchev–Trinajstić information content (AvgIpc) is 2.50. The number of halogens is 2. The zero-order valence-corrected chi connectivity index (χ0v) is 10.2.